The minimum atomic E-state index is -4.49. The first-order valence-corrected chi connectivity index (χ1v) is 17.1. The van der Waals surface area contributed by atoms with Gasteiger partial charge in [-0.2, -0.15) is 13.2 Å². The number of carbonyl (C=O) groups is 1. The molecule has 262 valence electrons. The van der Waals surface area contributed by atoms with Crippen molar-refractivity contribution < 1.29 is 36.2 Å². The van der Waals surface area contributed by atoms with Crippen LogP contribution in [0.5, 0.6) is 5.75 Å². The summed E-state index contributed by atoms with van der Waals surface area (Å²) in [7, 11) is -2.40. The van der Waals surface area contributed by atoms with Crippen LogP contribution < -0.4 is 30.7 Å². The van der Waals surface area contributed by atoms with E-state index in [-0.39, 0.29) is 31.1 Å². The van der Waals surface area contributed by atoms with Crippen LogP contribution in [-0.2, 0) is 22.7 Å². The van der Waals surface area contributed by atoms with Crippen molar-refractivity contribution in [2.45, 2.75) is 57.3 Å². The Balaban J connectivity index is 1.54. The molecule has 48 heavy (non-hydrogen) atoms. The van der Waals surface area contributed by atoms with Crippen molar-refractivity contribution >= 4 is 33.3 Å². The van der Waals surface area contributed by atoms with E-state index in [1.807, 2.05) is 0 Å². The molecule has 11 nitrogen and oxygen atoms in total. The molecule has 1 aliphatic rings. The zero-order valence-corrected chi connectivity index (χ0v) is 28.1. The molecule has 0 bridgehead atoms. The van der Waals surface area contributed by atoms with E-state index in [1.54, 1.807) is 38.1 Å². The summed E-state index contributed by atoms with van der Waals surface area (Å²) in [6.45, 7) is 5.58. The van der Waals surface area contributed by atoms with Gasteiger partial charge in [-0.15, -0.1) is 0 Å². The normalized spacial score (nSPS) is 17.4. The van der Waals surface area contributed by atoms with E-state index in [2.05, 4.69) is 27.9 Å². The number of amides is 1. The topological polar surface area (TPSA) is 159 Å². The minimum Gasteiger partial charge on any atom is -0.491 e. The van der Waals surface area contributed by atoms with Crippen molar-refractivity contribution in [2.24, 2.45) is 11.8 Å². The van der Waals surface area contributed by atoms with E-state index in [9.17, 15) is 31.5 Å². The molecule has 1 fully saturated rings. The highest BCUT2D eigenvalue weighted by Gasteiger charge is 2.33. The molecule has 0 aliphatic heterocycles. The fraction of sp³-hybridized carbons (Fsp3) is 0.455. The van der Waals surface area contributed by atoms with Crippen molar-refractivity contribution in [1.82, 2.24) is 15.6 Å². The summed E-state index contributed by atoms with van der Waals surface area (Å²) in [5.41, 5.74) is 5.95. The predicted octanol–water partition coefficient (Wildman–Crippen LogP) is 4.25. The largest absolute Gasteiger partial charge is 0.491 e. The van der Waals surface area contributed by atoms with Gasteiger partial charge < -0.3 is 31.5 Å². The summed E-state index contributed by atoms with van der Waals surface area (Å²) in [5, 5.41) is 19.4. The predicted molar refractivity (Wildman–Crippen MR) is 179 cm³/mol. The van der Waals surface area contributed by atoms with Crippen LogP contribution in [-0.4, -0.2) is 68.6 Å². The average molecular weight is 693 g/mol. The molecule has 1 aromatic heterocycles. The molecule has 1 aliphatic carbocycles. The number of aromatic nitrogens is 1. The number of sulfonamides is 1. The Morgan fingerprint density at radius 2 is 1.83 bits per heavy atom. The van der Waals surface area contributed by atoms with Crippen molar-refractivity contribution in [3.05, 3.63) is 77.4 Å². The molecule has 0 saturated heterocycles. The van der Waals surface area contributed by atoms with Crippen LogP contribution in [0.3, 0.4) is 0 Å². The lowest BCUT2D eigenvalue weighted by atomic mass is 10.1. The van der Waals surface area contributed by atoms with Gasteiger partial charge in [0.2, 0.25) is 10.0 Å². The van der Waals surface area contributed by atoms with Crippen LogP contribution in [0, 0.1) is 11.8 Å². The lowest BCUT2D eigenvalue weighted by Crippen LogP contribution is -2.50. The molecule has 1 saturated carbocycles. The first-order valence-electron chi connectivity index (χ1n) is 15.6. The molecule has 0 spiro atoms. The third-order valence-electron chi connectivity index (χ3n) is 8.22. The zero-order chi connectivity index (χ0) is 35.2. The lowest BCUT2D eigenvalue weighted by Gasteiger charge is -2.26. The zero-order valence-electron chi connectivity index (χ0n) is 27.3. The molecule has 1 heterocycles. The Bertz CT molecular complexity index is 1660. The number of aliphatic hydroxyl groups is 1. The maximum Gasteiger partial charge on any atom is 0.416 e. The second kappa shape index (κ2) is 15.4. The second-order valence-corrected chi connectivity index (χ2v) is 14.9. The highest BCUT2D eigenvalue weighted by atomic mass is 32.2. The fourth-order valence-corrected chi connectivity index (χ4v) is 5.87. The Kier molecular flexibility index (Phi) is 11.8. The van der Waals surface area contributed by atoms with Gasteiger partial charge in [0.15, 0.2) is 0 Å². The minimum absolute atomic E-state index is 0.0273. The first-order chi connectivity index (χ1) is 22.5. The van der Waals surface area contributed by atoms with Gasteiger partial charge in [-0.05, 0) is 80.1 Å². The Labute approximate surface area is 279 Å². The number of nitrogens with two attached hydrogens (primary N) is 1. The third-order valence-corrected chi connectivity index (χ3v) is 10.4. The van der Waals surface area contributed by atoms with Crippen LogP contribution in [0.2, 0.25) is 0 Å². The van der Waals surface area contributed by atoms with E-state index in [0.29, 0.717) is 41.2 Å². The van der Waals surface area contributed by atoms with Gasteiger partial charge >= 0.3 is 6.18 Å². The summed E-state index contributed by atoms with van der Waals surface area (Å²) in [6.07, 6.45) is -4.68. The van der Waals surface area contributed by atoms with E-state index in [1.165, 1.54) is 31.3 Å². The molecule has 4 rings (SSSR count). The van der Waals surface area contributed by atoms with E-state index < -0.39 is 45.1 Å². The fourth-order valence-electron chi connectivity index (χ4n) is 4.88. The van der Waals surface area contributed by atoms with Gasteiger partial charge in [-0.25, -0.2) is 13.4 Å². The molecule has 2 aromatic carbocycles. The number of anilines is 3. The number of hydrogen-bond acceptors (Lipinski definition) is 9. The molecule has 6 N–H and O–H groups in total. The number of hydrogen-bond donors (Lipinski definition) is 5. The SMILES string of the molecule is CC(C)S(=O)(=O)N(C)c1cc(C(=O)N[C@@H](COc2ccc(N)cc2)[C@H](O)CNCc2cccc(C(F)(F)F)c2)cc(NC[C@H]2C[C@@H]2C)n1. The Hall–Kier alpha value is -4.08. The molecular formula is C33H43F3N6O5S. The van der Waals surface area contributed by atoms with Gasteiger partial charge in [0.05, 0.1) is 23.0 Å². The highest BCUT2D eigenvalue weighted by molar-refractivity contribution is 7.93. The Morgan fingerprint density at radius 1 is 1.15 bits per heavy atom. The van der Waals surface area contributed by atoms with E-state index in [0.717, 1.165) is 22.9 Å². The van der Waals surface area contributed by atoms with E-state index in [4.69, 9.17) is 10.5 Å². The quantitative estimate of drug-likeness (QED) is 0.138. The van der Waals surface area contributed by atoms with Crippen molar-refractivity contribution in [3.63, 3.8) is 0 Å². The molecule has 1 amide bonds. The number of halogens is 3. The van der Waals surface area contributed by atoms with Gasteiger partial charge in [0.25, 0.3) is 5.91 Å². The van der Waals surface area contributed by atoms with Crippen LogP contribution in [0.15, 0.2) is 60.7 Å². The van der Waals surface area contributed by atoms with Gasteiger partial charge in [-0.3, -0.25) is 9.10 Å². The summed E-state index contributed by atoms with van der Waals surface area (Å²) in [5.74, 6) is 1.16. The van der Waals surface area contributed by atoms with Crippen molar-refractivity contribution in [1.29, 1.82) is 0 Å². The maximum atomic E-state index is 13.7. The number of alkyl halides is 3. The molecular weight excluding hydrogens is 649 g/mol. The smallest absolute Gasteiger partial charge is 0.416 e. The number of rotatable bonds is 16. The van der Waals surface area contributed by atoms with Crippen LogP contribution >= 0.6 is 0 Å². The van der Waals surface area contributed by atoms with Gasteiger partial charge in [0.1, 0.15) is 24.0 Å². The number of benzene rings is 2. The number of aliphatic hydroxyl groups excluding tert-OH is 1. The number of nitrogens with one attached hydrogen (secondary N) is 3. The van der Waals surface area contributed by atoms with Gasteiger partial charge in [-0.1, -0.05) is 25.1 Å². The molecule has 0 radical (unpaired) electrons. The third kappa shape index (κ3) is 9.97. The summed E-state index contributed by atoms with van der Waals surface area (Å²) < 4.78 is 72.3. The van der Waals surface area contributed by atoms with E-state index >= 15 is 0 Å². The molecule has 15 heteroatoms. The van der Waals surface area contributed by atoms with Crippen LogP contribution in [0.4, 0.5) is 30.5 Å². The Morgan fingerprint density at radius 3 is 2.46 bits per heavy atom. The number of nitrogen functional groups attached to an aromatic ring is 1. The van der Waals surface area contributed by atoms with Crippen LogP contribution in [0.1, 0.15) is 48.7 Å². The second-order valence-electron chi connectivity index (χ2n) is 12.4. The number of nitrogens with zero attached hydrogens (tertiary/aromatic N) is 2. The number of pyridine rings is 1. The molecule has 4 atom stereocenters. The molecule has 3 aromatic rings. The monoisotopic (exact) mass is 692 g/mol. The van der Waals surface area contributed by atoms with Crippen LogP contribution in [0.25, 0.3) is 0 Å². The standard InChI is InChI=1S/C33H43F3N6O5S/c1-20(2)48(45,46)42(4)31-15-23(14-30(41-31)39-17-24-12-21(24)3)32(44)40-28(19-47-27-10-8-26(37)9-11-27)29(43)18-38-16-22-6-5-7-25(13-22)33(34,35)36/h5-11,13-15,20-21,24,28-29,38,43H,12,16-19,37H2,1-4H3,(H,39,41)(H,40,44)/t21-,24+,28-,29+/m0/s1. The summed E-state index contributed by atoms with van der Waals surface area (Å²) in [4.78, 5) is 18.2. The lowest BCUT2D eigenvalue weighted by molar-refractivity contribution is -0.137. The van der Waals surface area contributed by atoms with Crippen molar-refractivity contribution in [3.8, 4) is 5.75 Å². The maximum absolute atomic E-state index is 13.7. The molecule has 0 unspecified atom stereocenters. The summed E-state index contributed by atoms with van der Waals surface area (Å²) in [6, 6.07) is 13.2. The number of carbonyl (C=O) groups excluding carboxylic acids is 1. The number of ether oxygens (including phenoxy) is 1. The summed E-state index contributed by atoms with van der Waals surface area (Å²) >= 11 is 0. The van der Waals surface area contributed by atoms with Gasteiger partial charge in [0, 0.05) is 37.9 Å². The average Bonchev–Trinajstić information content (AvgIpc) is 3.76. The van der Waals surface area contributed by atoms with Crippen molar-refractivity contribution in [2.75, 3.05) is 42.1 Å². The first kappa shape index (κ1) is 36.8. The highest BCUT2D eigenvalue weighted by Crippen LogP contribution is 2.37.